The third kappa shape index (κ3) is 4.66. The predicted octanol–water partition coefficient (Wildman–Crippen LogP) is 4.05. The fourth-order valence-electron chi connectivity index (χ4n) is 2.19. The van der Waals surface area contributed by atoms with E-state index in [0.717, 1.165) is 24.3 Å². The van der Waals surface area contributed by atoms with Crippen molar-refractivity contribution in [1.29, 1.82) is 0 Å². The molecule has 10 heteroatoms. The summed E-state index contributed by atoms with van der Waals surface area (Å²) in [7, 11) is 0. The fourth-order valence-corrected chi connectivity index (χ4v) is 2.19. The second-order valence-electron chi connectivity index (χ2n) is 5.85. The third-order valence-corrected chi connectivity index (χ3v) is 3.20. The Balaban J connectivity index is 2.06. The van der Waals surface area contributed by atoms with Gasteiger partial charge in [-0.05, 0) is 38.1 Å². The van der Waals surface area contributed by atoms with Gasteiger partial charge >= 0.3 is 0 Å². The molecule has 0 fully saturated rings. The lowest BCUT2D eigenvalue weighted by molar-refractivity contribution is 0.562. The van der Waals surface area contributed by atoms with Gasteiger partial charge in [-0.1, -0.05) is 0 Å². The Labute approximate surface area is 151 Å². The molecule has 0 aliphatic carbocycles. The second-order valence-corrected chi connectivity index (χ2v) is 5.85. The first kappa shape index (κ1) is 18.5. The van der Waals surface area contributed by atoms with E-state index in [1.165, 1.54) is 0 Å². The van der Waals surface area contributed by atoms with Crippen LogP contribution in [0, 0.1) is 23.4 Å². The quantitative estimate of drug-likeness (QED) is 0.515. The number of benzene rings is 1. The highest BCUT2D eigenvalue weighted by Gasteiger charge is 2.16. The summed E-state index contributed by atoms with van der Waals surface area (Å²) in [4.78, 5) is 15.6. The van der Waals surface area contributed by atoms with Crippen molar-refractivity contribution in [2.24, 2.45) is 0 Å². The molecule has 0 bridgehead atoms. The summed E-state index contributed by atoms with van der Waals surface area (Å²) in [5.41, 5.74) is -0.384. The number of anilines is 3. The van der Waals surface area contributed by atoms with Crippen LogP contribution in [0.3, 0.4) is 0 Å². The molecule has 0 unspecified atom stereocenters. The minimum absolute atomic E-state index is 0.0350. The molecule has 3 rings (SSSR count). The molecule has 27 heavy (non-hydrogen) atoms. The highest BCUT2D eigenvalue weighted by molar-refractivity contribution is 5.59. The Morgan fingerprint density at radius 2 is 1.48 bits per heavy atom. The molecule has 2 heterocycles. The second kappa shape index (κ2) is 7.52. The molecule has 0 spiro atoms. The van der Waals surface area contributed by atoms with Gasteiger partial charge < -0.3 is 10.6 Å². The summed E-state index contributed by atoms with van der Waals surface area (Å²) in [5.74, 6) is -3.66. The predicted molar refractivity (Wildman–Crippen MR) is 91.4 cm³/mol. The van der Waals surface area contributed by atoms with Crippen LogP contribution in [-0.4, -0.2) is 26.0 Å². The molecule has 1 aromatic carbocycles. The van der Waals surface area contributed by atoms with Gasteiger partial charge in [0.05, 0.1) is 0 Å². The highest BCUT2D eigenvalue weighted by atomic mass is 19.1. The molecule has 0 aliphatic heterocycles. The van der Waals surface area contributed by atoms with E-state index in [1.807, 2.05) is 13.8 Å². The number of nitrogens with zero attached hydrogens (tertiary/aromatic N) is 4. The molecule has 0 saturated heterocycles. The van der Waals surface area contributed by atoms with E-state index in [0.29, 0.717) is 6.07 Å². The minimum Gasteiger partial charge on any atom is -0.352 e. The monoisotopic (exact) mass is 378 g/mol. The van der Waals surface area contributed by atoms with Crippen LogP contribution in [0.15, 0.2) is 30.3 Å². The van der Waals surface area contributed by atoms with Crippen LogP contribution >= 0.6 is 0 Å². The van der Waals surface area contributed by atoms with Gasteiger partial charge in [-0.15, -0.1) is 0 Å². The van der Waals surface area contributed by atoms with E-state index in [2.05, 4.69) is 30.6 Å². The highest BCUT2D eigenvalue weighted by Crippen LogP contribution is 2.22. The van der Waals surface area contributed by atoms with Crippen LogP contribution in [0.2, 0.25) is 0 Å². The van der Waals surface area contributed by atoms with Crippen molar-refractivity contribution < 1.29 is 17.6 Å². The number of rotatable bonds is 5. The molecule has 0 atom stereocenters. The SMILES string of the molecule is CC(C)Nc1nc(Nc2cc(F)cc(F)c2)nc(-c2nc(F)ccc2F)n1. The van der Waals surface area contributed by atoms with E-state index in [-0.39, 0.29) is 29.5 Å². The molecule has 3 aromatic rings. The van der Waals surface area contributed by atoms with Gasteiger partial charge in [0.1, 0.15) is 17.3 Å². The normalized spacial score (nSPS) is 10.9. The average molecular weight is 378 g/mol. The van der Waals surface area contributed by atoms with Gasteiger partial charge in [-0.3, -0.25) is 0 Å². The minimum atomic E-state index is -0.910. The summed E-state index contributed by atoms with van der Waals surface area (Å²) < 4.78 is 54.2. The smallest absolute Gasteiger partial charge is 0.232 e. The van der Waals surface area contributed by atoms with Crippen LogP contribution < -0.4 is 10.6 Å². The molecule has 6 nitrogen and oxygen atoms in total. The molecule has 0 radical (unpaired) electrons. The van der Waals surface area contributed by atoms with E-state index in [4.69, 9.17) is 0 Å². The lowest BCUT2D eigenvalue weighted by atomic mass is 10.3. The zero-order valence-corrected chi connectivity index (χ0v) is 14.3. The molecule has 0 amide bonds. The van der Waals surface area contributed by atoms with Crippen LogP contribution in [-0.2, 0) is 0 Å². The van der Waals surface area contributed by atoms with Gasteiger partial charge in [0.25, 0.3) is 0 Å². The van der Waals surface area contributed by atoms with Gasteiger partial charge in [0, 0.05) is 17.8 Å². The largest absolute Gasteiger partial charge is 0.352 e. The van der Waals surface area contributed by atoms with Crippen molar-refractivity contribution in [2.75, 3.05) is 10.6 Å². The summed E-state index contributed by atoms with van der Waals surface area (Å²) >= 11 is 0. The lowest BCUT2D eigenvalue weighted by Gasteiger charge is -2.12. The molecule has 0 aliphatic rings. The zero-order chi connectivity index (χ0) is 19.6. The Hall–Kier alpha value is -3.30. The maximum atomic E-state index is 14.0. The first-order valence-corrected chi connectivity index (χ1v) is 7.88. The lowest BCUT2D eigenvalue weighted by Crippen LogP contribution is -2.15. The van der Waals surface area contributed by atoms with Crippen LogP contribution in [0.4, 0.5) is 35.1 Å². The Morgan fingerprint density at radius 3 is 2.15 bits per heavy atom. The van der Waals surface area contributed by atoms with Gasteiger partial charge in [0.2, 0.25) is 17.8 Å². The fraction of sp³-hybridized carbons (Fsp3) is 0.176. The molecule has 140 valence electrons. The average Bonchev–Trinajstić information content (AvgIpc) is 2.55. The maximum Gasteiger partial charge on any atom is 0.232 e. The number of pyridine rings is 1. The van der Waals surface area contributed by atoms with Gasteiger partial charge in [-0.2, -0.15) is 19.3 Å². The van der Waals surface area contributed by atoms with E-state index in [1.54, 1.807) is 0 Å². The standard InChI is InChI=1S/C17H14F4N6/c1-8(2)22-16-25-15(14-12(20)3-4-13(21)24-14)26-17(27-16)23-11-6-9(18)5-10(19)7-11/h3-8H,1-2H3,(H2,22,23,25,26,27). The van der Waals surface area contributed by atoms with Crippen molar-refractivity contribution in [3.63, 3.8) is 0 Å². The molecular formula is C17H14F4N6. The van der Waals surface area contributed by atoms with E-state index >= 15 is 0 Å². The number of aromatic nitrogens is 4. The van der Waals surface area contributed by atoms with Crippen molar-refractivity contribution in [2.45, 2.75) is 19.9 Å². The Kier molecular flexibility index (Phi) is 5.15. The van der Waals surface area contributed by atoms with Crippen molar-refractivity contribution >= 4 is 17.6 Å². The maximum absolute atomic E-state index is 14.0. The molecule has 0 saturated carbocycles. The van der Waals surface area contributed by atoms with Crippen LogP contribution in [0.1, 0.15) is 13.8 Å². The van der Waals surface area contributed by atoms with Crippen molar-refractivity contribution in [3.05, 3.63) is 53.7 Å². The van der Waals surface area contributed by atoms with Crippen molar-refractivity contribution in [1.82, 2.24) is 19.9 Å². The first-order chi connectivity index (χ1) is 12.8. The Bertz CT molecular complexity index is 959. The molecular weight excluding hydrogens is 364 g/mol. The number of halogens is 4. The van der Waals surface area contributed by atoms with Gasteiger partial charge in [-0.25, -0.2) is 18.2 Å². The summed E-state index contributed by atoms with van der Waals surface area (Å²) in [6.07, 6.45) is 0. The molecule has 2 N–H and O–H groups in total. The number of nitrogens with one attached hydrogen (secondary N) is 2. The number of hydrogen-bond donors (Lipinski definition) is 2. The number of hydrogen-bond acceptors (Lipinski definition) is 6. The summed E-state index contributed by atoms with van der Waals surface area (Å²) in [6.45, 7) is 3.64. The van der Waals surface area contributed by atoms with Crippen LogP contribution in [0.25, 0.3) is 11.5 Å². The topological polar surface area (TPSA) is 75.6 Å². The Morgan fingerprint density at radius 1 is 0.815 bits per heavy atom. The zero-order valence-electron chi connectivity index (χ0n) is 14.3. The third-order valence-electron chi connectivity index (χ3n) is 3.20. The van der Waals surface area contributed by atoms with E-state index in [9.17, 15) is 17.6 Å². The van der Waals surface area contributed by atoms with Crippen LogP contribution in [0.5, 0.6) is 0 Å². The molecule has 2 aromatic heterocycles. The van der Waals surface area contributed by atoms with Crippen molar-refractivity contribution in [3.8, 4) is 11.5 Å². The summed E-state index contributed by atoms with van der Waals surface area (Å²) in [6, 6.07) is 4.45. The summed E-state index contributed by atoms with van der Waals surface area (Å²) in [5, 5.41) is 5.52. The van der Waals surface area contributed by atoms with Gasteiger partial charge in [0.15, 0.2) is 11.6 Å². The first-order valence-electron chi connectivity index (χ1n) is 7.88. The van der Waals surface area contributed by atoms with E-state index < -0.39 is 29.1 Å².